The molecule has 2 aromatic rings. The van der Waals surface area contributed by atoms with Crippen molar-refractivity contribution in [2.45, 2.75) is 31.9 Å². The van der Waals surface area contributed by atoms with Crippen molar-refractivity contribution in [1.82, 2.24) is 4.90 Å². The standard InChI is InChI=1S/C20H25ClN2O/c21-19-13-16(10-12-23-11-4-7-18(22)14-23)8-9-20(19)24-15-17-5-2-1-3-6-17/h1-3,5-6,8-9,13,18H,4,7,10-12,14-15,22H2/t18-/m0/s1. The third kappa shape index (κ3) is 4.97. The van der Waals surface area contributed by atoms with Crippen molar-refractivity contribution < 1.29 is 4.74 Å². The molecule has 3 rings (SSSR count). The van der Waals surface area contributed by atoms with Gasteiger partial charge in [-0.2, -0.15) is 0 Å². The van der Waals surface area contributed by atoms with E-state index in [1.807, 2.05) is 42.5 Å². The summed E-state index contributed by atoms with van der Waals surface area (Å²) in [6.07, 6.45) is 3.34. The summed E-state index contributed by atoms with van der Waals surface area (Å²) >= 11 is 6.38. The van der Waals surface area contributed by atoms with Gasteiger partial charge in [0.15, 0.2) is 0 Å². The van der Waals surface area contributed by atoms with Gasteiger partial charge >= 0.3 is 0 Å². The van der Waals surface area contributed by atoms with E-state index in [9.17, 15) is 0 Å². The van der Waals surface area contributed by atoms with Crippen molar-refractivity contribution in [3.63, 3.8) is 0 Å². The van der Waals surface area contributed by atoms with Gasteiger partial charge in [0.1, 0.15) is 12.4 Å². The van der Waals surface area contributed by atoms with Gasteiger partial charge in [-0.25, -0.2) is 0 Å². The predicted octanol–water partition coefficient (Wildman–Crippen LogP) is 3.88. The molecule has 1 atom stereocenters. The fraction of sp³-hybridized carbons (Fsp3) is 0.400. The fourth-order valence-electron chi connectivity index (χ4n) is 3.13. The Labute approximate surface area is 149 Å². The highest BCUT2D eigenvalue weighted by Crippen LogP contribution is 2.26. The second-order valence-corrected chi connectivity index (χ2v) is 6.90. The van der Waals surface area contributed by atoms with E-state index >= 15 is 0 Å². The first kappa shape index (κ1) is 17.3. The van der Waals surface area contributed by atoms with Crippen molar-refractivity contribution >= 4 is 11.6 Å². The maximum absolute atomic E-state index is 6.38. The predicted molar refractivity (Wildman–Crippen MR) is 99.6 cm³/mol. The maximum atomic E-state index is 6.38. The normalized spacial score (nSPS) is 18.5. The van der Waals surface area contributed by atoms with E-state index in [-0.39, 0.29) is 0 Å². The molecular formula is C20H25ClN2O. The second-order valence-electron chi connectivity index (χ2n) is 6.49. The van der Waals surface area contributed by atoms with Crippen LogP contribution in [0.1, 0.15) is 24.0 Å². The Balaban J connectivity index is 1.52. The third-order valence-corrected chi connectivity index (χ3v) is 4.79. The molecule has 128 valence electrons. The summed E-state index contributed by atoms with van der Waals surface area (Å²) < 4.78 is 5.83. The quantitative estimate of drug-likeness (QED) is 0.864. The van der Waals surface area contributed by atoms with Crippen LogP contribution in [0.2, 0.25) is 5.02 Å². The third-order valence-electron chi connectivity index (χ3n) is 4.49. The van der Waals surface area contributed by atoms with Crippen LogP contribution in [-0.4, -0.2) is 30.6 Å². The molecule has 0 spiro atoms. The Morgan fingerprint density at radius 3 is 2.71 bits per heavy atom. The van der Waals surface area contributed by atoms with Gasteiger partial charge in [-0.1, -0.05) is 48.0 Å². The Hall–Kier alpha value is -1.55. The molecule has 3 nitrogen and oxygen atoms in total. The lowest BCUT2D eigenvalue weighted by Gasteiger charge is -2.30. The van der Waals surface area contributed by atoms with Gasteiger partial charge in [0.25, 0.3) is 0 Å². The molecule has 24 heavy (non-hydrogen) atoms. The summed E-state index contributed by atoms with van der Waals surface area (Å²) in [5.74, 6) is 0.740. The topological polar surface area (TPSA) is 38.5 Å². The molecule has 1 fully saturated rings. The minimum atomic E-state index is 0.330. The van der Waals surface area contributed by atoms with Gasteiger partial charge in [0, 0.05) is 19.1 Å². The lowest BCUT2D eigenvalue weighted by Crippen LogP contribution is -2.43. The van der Waals surface area contributed by atoms with Crippen LogP contribution in [0.25, 0.3) is 0 Å². The molecule has 2 aromatic carbocycles. The molecular weight excluding hydrogens is 320 g/mol. The Bertz CT molecular complexity index is 647. The molecule has 4 heteroatoms. The fourth-order valence-corrected chi connectivity index (χ4v) is 3.39. The monoisotopic (exact) mass is 344 g/mol. The van der Waals surface area contributed by atoms with Crippen molar-refractivity contribution in [2.24, 2.45) is 5.73 Å². The lowest BCUT2D eigenvalue weighted by molar-refractivity contribution is 0.211. The minimum absolute atomic E-state index is 0.330. The average molecular weight is 345 g/mol. The Morgan fingerprint density at radius 2 is 1.96 bits per heavy atom. The maximum Gasteiger partial charge on any atom is 0.138 e. The average Bonchev–Trinajstić information content (AvgIpc) is 2.60. The smallest absolute Gasteiger partial charge is 0.138 e. The van der Waals surface area contributed by atoms with Crippen molar-refractivity contribution in [1.29, 1.82) is 0 Å². The number of benzene rings is 2. The number of halogens is 1. The highest BCUT2D eigenvalue weighted by molar-refractivity contribution is 6.32. The highest BCUT2D eigenvalue weighted by Gasteiger charge is 2.16. The molecule has 0 saturated carbocycles. The second kappa shape index (κ2) is 8.52. The van der Waals surface area contributed by atoms with Gasteiger partial charge in [-0.3, -0.25) is 0 Å². The van der Waals surface area contributed by atoms with Gasteiger partial charge in [-0.05, 0) is 49.1 Å². The summed E-state index contributed by atoms with van der Waals surface area (Å²) in [5.41, 5.74) is 8.42. The van der Waals surface area contributed by atoms with Crippen LogP contribution in [0.4, 0.5) is 0 Å². The first-order chi connectivity index (χ1) is 11.7. The molecule has 0 amide bonds. The van der Waals surface area contributed by atoms with Gasteiger partial charge in [-0.15, -0.1) is 0 Å². The van der Waals surface area contributed by atoms with Crippen LogP contribution in [0.3, 0.4) is 0 Å². The van der Waals surface area contributed by atoms with Crippen molar-refractivity contribution in [2.75, 3.05) is 19.6 Å². The minimum Gasteiger partial charge on any atom is -0.487 e. The summed E-state index contributed by atoms with van der Waals surface area (Å²) in [6, 6.07) is 16.5. The van der Waals surface area contributed by atoms with E-state index in [1.165, 1.54) is 12.0 Å². The Kier molecular flexibility index (Phi) is 6.13. The molecule has 2 N–H and O–H groups in total. The van der Waals surface area contributed by atoms with Crippen LogP contribution in [0.5, 0.6) is 5.75 Å². The van der Waals surface area contributed by atoms with Crippen LogP contribution >= 0.6 is 11.6 Å². The summed E-state index contributed by atoms with van der Waals surface area (Å²) in [5, 5.41) is 0.679. The van der Waals surface area contributed by atoms with Crippen molar-refractivity contribution in [3.05, 3.63) is 64.7 Å². The first-order valence-electron chi connectivity index (χ1n) is 8.64. The molecule has 1 aliphatic heterocycles. The first-order valence-corrected chi connectivity index (χ1v) is 9.01. The molecule has 0 radical (unpaired) electrons. The highest BCUT2D eigenvalue weighted by atomic mass is 35.5. The number of nitrogens with two attached hydrogens (primary N) is 1. The molecule has 1 aliphatic rings. The molecule has 0 aliphatic carbocycles. The zero-order chi connectivity index (χ0) is 16.8. The summed E-state index contributed by atoms with van der Waals surface area (Å²) in [7, 11) is 0. The van der Waals surface area contributed by atoms with E-state index < -0.39 is 0 Å². The van der Waals surface area contributed by atoms with Crippen LogP contribution < -0.4 is 10.5 Å². The number of hydrogen-bond donors (Lipinski definition) is 1. The zero-order valence-corrected chi connectivity index (χ0v) is 14.7. The SMILES string of the molecule is N[C@H]1CCCN(CCc2ccc(OCc3ccccc3)c(Cl)c2)C1. The lowest BCUT2D eigenvalue weighted by atomic mass is 10.1. The number of piperidine rings is 1. The molecule has 0 aromatic heterocycles. The van der Waals surface area contributed by atoms with Crippen LogP contribution in [-0.2, 0) is 13.0 Å². The van der Waals surface area contributed by atoms with Crippen LogP contribution in [0.15, 0.2) is 48.5 Å². The summed E-state index contributed by atoms with van der Waals surface area (Å²) in [6.45, 7) is 3.73. The number of rotatable bonds is 6. The molecule has 0 unspecified atom stereocenters. The van der Waals surface area contributed by atoms with E-state index in [4.69, 9.17) is 22.1 Å². The van der Waals surface area contributed by atoms with Crippen LogP contribution in [0, 0.1) is 0 Å². The van der Waals surface area contributed by atoms with E-state index in [0.29, 0.717) is 17.7 Å². The number of likely N-dealkylation sites (tertiary alicyclic amines) is 1. The van der Waals surface area contributed by atoms with Gasteiger partial charge in [0.05, 0.1) is 5.02 Å². The number of nitrogens with zero attached hydrogens (tertiary/aromatic N) is 1. The van der Waals surface area contributed by atoms with E-state index in [2.05, 4.69) is 11.0 Å². The number of ether oxygens (including phenoxy) is 1. The summed E-state index contributed by atoms with van der Waals surface area (Å²) in [4.78, 5) is 2.45. The molecule has 1 saturated heterocycles. The molecule has 0 bridgehead atoms. The van der Waals surface area contributed by atoms with Gasteiger partial charge in [0.2, 0.25) is 0 Å². The van der Waals surface area contributed by atoms with E-state index in [1.54, 1.807) is 0 Å². The molecule has 1 heterocycles. The zero-order valence-electron chi connectivity index (χ0n) is 14.0. The van der Waals surface area contributed by atoms with Gasteiger partial charge < -0.3 is 15.4 Å². The largest absolute Gasteiger partial charge is 0.487 e. The van der Waals surface area contributed by atoms with E-state index in [0.717, 1.165) is 43.8 Å². The Morgan fingerprint density at radius 1 is 1.12 bits per heavy atom. The van der Waals surface area contributed by atoms with Crippen molar-refractivity contribution in [3.8, 4) is 5.75 Å². The number of hydrogen-bond acceptors (Lipinski definition) is 3.